The molecule has 0 radical (unpaired) electrons. The van der Waals surface area contributed by atoms with E-state index in [1.807, 2.05) is 25.7 Å². The third-order valence-corrected chi connectivity index (χ3v) is 7.26. The van der Waals surface area contributed by atoms with Gasteiger partial charge in [0, 0.05) is 54.8 Å². The molecule has 180 valence electrons. The number of fused-ring (bicyclic) bond motifs is 2. The molecule has 0 N–H and O–H groups in total. The molecule has 3 heterocycles. The number of halogens is 2. The summed E-state index contributed by atoms with van der Waals surface area (Å²) >= 11 is 12.6. The molecule has 3 aliphatic rings. The van der Waals surface area contributed by atoms with Gasteiger partial charge in [-0.25, -0.2) is 4.79 Å². The Labute approximate surface area is 204 Å². The number of nitrogens with zero attached hydrogens (tertiary/aromatic N) is 3. The summed E-state index contributed by atoms with van der Waals surface area (Å²) in [5.74, 6) is 0.331. The summed E-state index contributed by atoms with van der Waals surface area (Å²) in [6.45, 7) is 8.14. The maximum Gasteiger partial charge on any atom is 0.410 e. The van der Waals surface area contributed by atoms with E-state index in [9.17, 15) is 14.4 Å². The lowest BCUT2D eigenvalue weighted by Gasteiger charge is -2.46. The van der Waals surface area contributed by atoms with Gasteiger partial charge < -0.3 is 19.4 Å². The van der Waals surface area contributed by atoms with Crippen molar-refractivity contribution in [2.75, 3.05) is 26.2 Å². The van der Waals surface area contributed by atoms with Crippen LogP contribution < -0.4 is 0 Å². The minimum atomic E-state index is -0.533. The molecule has 2 bridgehead atoms. The first-order valence-electron chi connectivity index (χ1n) is 11.5. The van der Waals surface area contributed by atoms with Gasteiger partial charge in [0.2, 0.25) is 11.8 Å². The van der Waals surface area contributed by atoms with Gasteiger partial charge in [0.1, 0.15) is 11.6 Å². The molecule has 4 rings (SSSR count). The van der Waals surface area contributed by atoms with Crippen LogP contribution in [0.1, 0.15) is 45.6 Å². The highest BCUT2D eigenvalue weighted by Crippen LogP contribution is 2.33. The second-order valence-electron chi connectivity index (χ2n) is 10.4. The molecule has 7 nitrogen and oxygen atoms in total. The second kappa shape index (κ2) is 9.34. The molecule has 2 unspecified atom stereocenters. The third kappa shape index (κ3) is 5.40. The lowest BCUT2D eigenvalue weighted by atomic mass is 9.84. The molecule has 33 heavy (non-hydrogen) atoms. The summed E-state index contributed by atoms with van der Waals surface area (Å²) in [6, 6.07) is 4.73. The van der Waals surface area contributed by atoms with E-state index in [-0.39, 0.29) is 36.3 Å². The van der Waals surface area contributed by atoms with Gasteiger partial charge in [-0.2, -0.15) is 0 Å². The lowest BCUT2D eigenvalue weighted by Crippen LogP contribution is -2.58. The van der Waals surface area contributed by atoms with E-state index in [4.69, 9.17) is 27.9 Å². The first-order chi connectivity index (χ1) is 15.5. The zero-order valence-electron chi connectivity index (χ0n) is 19.4. The van der Waals surface area contributed by atoms with Crippen molar-refractivity contribution in [2.24, 2.45) is 11.8 Å². The number of hydrogen-bond acceptors (Lipinski definition) is 4. The maximum atomic E-state index is 13.5. The van der Waals surface area contributed by atoms with Gasteiger partial charge in [-0.1, -0.05) is 29.3 Å². The number of benzene rings is 1. The largest absolute Gasteiger partial charge is 0.444 e. The fraction of sp³-hybridized carbons (Fsp3) is 0.625. The quantitative estimate of drug-likeness (QED) is 0.629. The predicted octanol–water partition coefficient (Wildman–Crippen LogP) is 4.20. The Kier molecular flexibility index (Phi) is 6.83. The number of ether oxygens (including phenoxy) is 1. The molecule has 0 spiro atoms. The fourth-order valence-corrected chi connectivity index (χ4v) is 5.71. The molecule has 3 amide bonds. The van der Waals surface area contributed by atoms with Gasteiger partial charge in [-0.3, -0.25) is 9.59 Å². The highest BCUT2D eigenvalue weighted by Gasteiger charge is 2.43. The van der Waals surface area contributed by atoms with Crippen molar-refractivity contribution >= 4 is 41.1 Å². The van der Waals surface area contributed by atoms with Crippen molar-refractivity contribution in [3.8, 4) is 0 Å². The predicted molar refractivity (Wildman–Crippen MR) is 126 cm³/mol. The average molecular weight is 496 g/mol. The van der Waals surface area contributed by atoms with E-state index >= 15 is 0 Å². The number of carbonyl (C=O) groups is 3. The normalized spacial score (nSPS) is 25.4. The SMILES string of the molecule is CC(C)(C)OC(=O)N1CC2CC(C1)CN(C(=O)[C@@H]1CCC(=O)N1Cc1c(Cl)cccc1Cl)C2. The zero-order valence-corrected chi connectivity index (χ0v) is 20.9. The van der Waals surface area contributed by atoms with Gasteiger partial charge in [0.05, 0.1) is 0 Å². The Bertz CT molecular complexity index is 914. The molecule has 0 aliphatic carbocycles. The summed E-state index contributed by atoms with van der Waals surface area (Å²) in [7, 11) is 0. The Balaban J connectivity index is 1.42. The number of likely N-dealkylation sites (tertiary alicyclic amines) is 3. The first-order valence-corrected chi connectivity index (χ1v) is 12.3. The van der Waals surface area contributed by atoms with Crippen molar-refractivity contribution < 1.29 is 19.1 Å². The molecule has 9 heteroatoms. The van der Waals surface area contributed by atoms with Crippen molar-refractivity contribution in [2.45, 2.75) is 58.2 Å². The smallest absolute Gasteiger partial charge is 0.410 e. The van der Waals surface area contributed by atoms with Crippen LogP contribution in [0, 0.1) is 11.8 Å². The molecule has 1 aromatic rings. The Morgan fingerprint density at radius 3 is 2.18 bits per heavy atom. The lowest BCUT2D eigenvalue weighted by molar-refractivity contribution is -0.145. The third-order valence-electron chi connectivity index (χ3n) is 6.55. The summed E-state index contributed by atoms with van der Waals surface area (Å²) in [4.78, 5) is 44.0. The number of carbonyl (C=O) groups excluding carboxylic acids is 3. The summed E-state index contributed by atoms with van der Waals surface area (Å²) in [5.41, 5.74) is 0.131. The van der Waals surface area contributed by atoms with E-state index in [0.29, 0.717) is 54.6 Å². The van der Waals surface area contributed by atoms with Crippen LogP contribution in [0.4, 0.5) is 4.79 Å². The molecule has 3 atom stereocenters. The van der Waals surface area contributed by atoms with Gasteiger partial charge in [-0.05, 0) is 57.6 Å². The number of hydrogen-bond donors (Lipinski definition) is 0. The van der Waals surface area contributed by atoms with Crippen molar-refractivity contribution in [3.05, 3.63) is 33.8 Å². The molecular weight excluding hydrogens is 465 g/mol. The summed E-state index contributed by atoms with van der Waals surface area (Å²) in [5, 5.41) is 0.978. The molecule has 3 fully saturated rings. The zero-order chi connectivity index (χ0) is 23.9. The van der Waals surface area contributed by atoms with Gasteiger partial charge >= 0.3 is 6.09 Å². The van der Waals surface area contributed by atoms with Crippen molar-refractivity contribution in [1.29, 1.82) is 0 Å². The number of amides is 3. The number of rotatable bonds is 3. The Morgan fingerprint density at radius 2 is 1.61 bits per heavy atom. The molecule has 3 aliphatic heterocycles. The molecule has 0 saturated carbocycles. The molecular formula is C24H31Cl2N3O4. The second-order valence-corrected chi connectivity index (χ2v) is 11.2. The van der Waals surface area contributed by atoms with Crippen LogP contribution in [0.5, 0.6) is 0 Å². The Hall–Kier alpha value is -1.99. The number of piperidine rings is 2. The fourth-order valence-electron chi connectivity index (χ4n) is 5.19. The topological polar surface area (TPSA) is 70.2 Å². The summed E-state index contributed by atoms with van der Waals surface area (Å²) < 4.78 is 5.54. The molecule has 0 aromatic heterocycles. The van der Waals surface area contributed by atoms with Crippen LogP contribution in [-0.2, 0) is 20.9 Å². The van der Waals surface area contributed by atoms with E-state index in [2.05, 4.69) is 0 Å². The van der Waals surface area contributed by atoms with E-state index in [1.54, 1.807) is 28.0 Å². The van der Waals surface area contributed by atoms with Crippen molar-refractivity contribution in [1.82, 2.24) is 14.7 Å². The van der Waals surface area contributed by atoms with Crippen molar-refractivity contribution in [3.63, 3.8) is 0 Å². The molecule has 1 aromatic carbocycles. The van der Waals surface area contributed by atoms with Crippen LogP contribution in [-0.4, -0.2) is 70.4 Å². The summed E-state index contributed by atoms with van der Waals surface area (Å²) in [6.07, 6.45) is 1.54. The van der Waals surface area contributed by atoms with Crippen LogP contribution in [0.15, 0.2) is 18.2 Å². The van der Waals surface area contributed by atoms with E-state index in [0.717, 1.165) is 6.42 Å². The minimum absolute atomic E-state index is 0.0237. The van der Waals surface area contributed by atoms with Gasteiger partial charge in [-0.15, -0.1) is 0 Å². The van der Waals surface area contributed by atoms with Crippen LogP contribution in [0.2, 0.25) is 10.0 Å². The Morgan fingerprint density at radius 1 is 1.03 bits per heavy atom. The van der Waals surface area contributed by atoms with E-state index in [1.165, 1.54) is 0 Å². The highest BCUT2D eigenvalue weighted by molar-refractivity contribution is 6.36. The minimum Gasteiger partial charge on any atom is -0.444 e. The van der Waals surface area contributed by atoms with Crippen LogP contribution in [0.25, 0.3) is 0 Å². The van der Waals surface area contributed by atoms with Gasteiger partial charge in [0.25, 0.3) is 0 Å². The average Bonchev–Trinajstić information content (AvgIpc) is 3.08. The highest BCUT2D eigenvalue weighted by atomic mass is 35.5. The van der Waals surface area contributed by atoms with Crippen LogP contribution in [0.3, 0.4) is 0 Å². The van der Waals surface area contributed by atoms with Crippen LogP contribution >= 0.6 is 23.2 Å². The van der Waals surface area contributed by atoms with Gasteiger partial charge in [0.15, 0.2) is 0 Å². The van der Waals surface area contributed by atoms with E-state index < -0.39 is 11.6 Å². The molecule has 3 saturated heterocycles. The monoisotopic (exact) mass is 495 g/mol. The standard InChI is InChI=1S/C24H31Cl2N3O4/c1-24(2,3)33-23(32)28-12-15-9-16(13-28)11-27(10-15)22(31)20-7-8-21(30)29(20)14-17-18(25)5-4-6-19(17)26/h4-6,15-16,20H,7-14H2,1-3H3/t15?,16?,20-/m0/s1. The first kappa shape index (κ1) is 24.1. The maximum absolute atomic E-state index is 13.5.